The molecule has 1 aliphatic rings. The zero-order valence-electron chi connectivity index (χ0n) is 10.4. The Bertz CT molecular complexity index is 564. The predicted octanol–water partition coefficient (Wildman–Crippen LogP) is 1.79. The van der Waals surface area contributed by atoms with Crippen LogP contribution in [0.1, 0.15) is 17.1 Å². The Morgan fingerprint density at radius 3 is 2.68 bits per heavy atom. The van der Waals surface area contributed by atoms with Crippen molar-refractivity contribution in [3.8, 4) is 11.5 Å². The topological polar surface area (TPSA) is 63.9 Å². The fourth-order valence-electron chi connectivity index (χ4n) is 1.98. The number of hydrogen-bond donors (Lipinski definition) is 2. The summed E-state index contributed by atoms with van der Waals surface area (Å²) in [6.07, 6.45) is 0. The van der Waals surface area contributed by atoms with E-state index in [0.717, 1.165) is 22.8 Å². The minimum Gasteiger partial charge on any atom is -0.462 e. The van der Waals surface area contributed by atoms with E-state index in [9.17, 15) is 0 Å². The van der Waals surface area contributed by atoms with E-state index in [1.807, 2.05) is 24.3 Å². The van der Waals surface area contributed by atoms with Crippen LogP contribution in [-0.4, -0.2) is 11.9 Å². The molecular formula is C14H15NO4. The number of fused-ring (bicyclic) bond motifs is 1. The number of ether oxygens (including phenoxy) is 2. The van der Waals surface area contributed by atoms with E-state index in [2.05, 4.69) is 5.32 Å². The Morgan fingerprint density at radius 2 is 1.84 bits per heavy atom. The highest BCUT2D eigenvalue weighted by molar-refractivity contribution is 5.44. The molecule has 5 heteroatoms. The highest BCUT2D eigenvalue weighted by atomic mass is 16.7. The molecule has 0 saturated carbocycles. The summed E-state index contributed by atoms with van der Waals surface area (Å²) in [5.74, 6) is 2.98. The Kier molecular flexibility index (Phi) is 3.39. The van der Waals surface area contributed by atoms with Gasteiger partial charge in [0.1, 0.15) is 18.1 Å². The molecule has 0 amide bonds. The van der Waals surface area contributed by atoms with Gasteiger partial charge in [-0.15, -0.1) is 0 Å². The molecule has 1 aliphatic heterocycles. The van der Waals surface area contributed by atoms with Crippen LogP contribution in [0.15, 0.2) is 34.7 Å². The van der Waals surface area contributed by atoms with Gasteiger partial charge in [0.2, 0.25) is 6.79 Å². The number of benzene rings is 1. The van der Waals surface area contributed by atoms with Gasteiger partial charge in [-0.3, -0.25) is 0 Å². The second kappa shape index (κ2) is 5.34. The standard InChI is InChI=1S/C14H15NO4/c16-8-12-3-2-11(19-12)7-15-6-10-1-4-13-14(5-10)18-9-17-13/h1-5,15-16H,6-9H2. The van der Waals surface area contributed by atoms with Crippen molar-refractivity contribution in [2.45, 2.75) is 19.7 Å². The van der Waals surface area contributed by atoms with E-state index in [1.54, 1.807) is 6.07 Å². The molecule has 0 atom stereocenters. The van der Waals surface area contributed by atoms with Gasteiger partial charge in [0, 0.05) is 6.54 Å². The van der Waals surface area contributed by atoms with Crippen LogP contribution in [0.4, 0.5) is 0 Å². The SMILES string of the molecule is OCc1ccc(CNCc2ccc3c(c2)OCO3)o1. The first-order valence-corrected chi connectivity index (χ1v) is 6.13. The molecule has 3 rings (SSSR count). The first-order valence-electron chi connectivity index (χ1n) is 6.13. The molecule has 100 valence electrons. The predicted molar refractivity (Wildman–Crippen MR) is 67.7 cm³/mol. The zero-order chi connectivity index (χ0) is 13.1. The van der Waals surface area contributed by atoms with Crippen LogP contribution < -0.4 is 14.8 Å². The van der Waals surface area contributed by atoms with Crippen molar-refractivity contribution in [2.75, 3.05) is 6.79 Å². The number of aliphatic hydroxyl groups excluding tert-OH is 1. The highest BCUT2D eigenvalue weighted by Gasteiger charge is 2.12. The van der Waals surface area contributed by atoms with Gasteiger partial charge in [-0.25, -0.2) is 0 Å². The highest BCUT2D eigenvalue weighted by Crippen LogP contribution is 2.32. The lowest BCUT2D eigenvalue weighted by Crippen LogP contribution is -2.12. The Labute approximate surface area is 110 Å². The first kappa shape index (κ1) is 12.1. The van der Waals surface area contributed by atoms with Crippen molar-refractivity contribution in [1.29, 1.82) is 0 Å². The molecule has 0 aliphatic carbocycles. The minimum absolute atomic E-state index is 0.0673. The van der Waals surface area contributed by atoms with Crippen molar-refractivity contribution in [2.24, 2.45) is 0 Å². The number of rotatable bonds is 5. The second-order valence-electron chi connectivity index (χ2n) is 4.32. The van der Waals surface area contributed by atoms with Gasteiger partial charge in [0.15, 0.2) is 11.5 Å². The summed E-state index contributed by atoms with van der Waals surface area (Å²) >= 11 is 0. The summed E-state index contributed by atoms with van der Waals surface area (Å²) in [6.45, 7) is 1.56. The lowest BCUT2D eigenvalue weighted by Gasteiger charge is -2.04. The number of furan rings is 1. The third-order valence-electron chi connectivity index (χ3n) is 2.94. The lowest BCUT2D eigenvalue weighted by atomic mass is 10.2. The monoisotopic (exact) mass is 261 g/mol. The molecule has 1 aromatic carbocycles. The molecule has 0 fully saturated rings. The summed E-state index contributed by atoms with van der Waals surface area (Å²) in [4.78, 5) is 0. The normalized spacial score (nSPS) is 12.9. The summed E-state index contributed by atoms with van der Waals surface area (Å²) in [5, 5.41) is 12.2. The van der Waals surface area contributed by atoms with Crippen molar-refractivity contribution in [3.63, 3.8) is 0 Å². The van der Waals surface area contributed by atoms with E-state index in [1.165, 1.54) is 0 Å². The van der Waals surface area contributed by atoms with Crippen molar-refractivity contribution >= 4 is 0 Å². The molecular weight excluding hydrogens is 246 g/mol. The van der Waals surface area contributed by atoms with Crippen LogP contribution in [-0.2, 0) is 19.7 Å². The maximum atomic E-state index is 8.90. The third kappa shape index (κ3) is 2.72. The molecule has 2 N–H and O–H groups in total. The number of nitrogens with one attached hydrogen (secondary N) is 1. The van der Waals surface area contributed by atoms with Gasteiger partial charge < -0.3 is 24.3 Å². The summed E-state index contributed by atoms with van der Waals surface area (Å²) in [6, 6.07) is 9.52. The second-order valence-corrected chi connectivity index (χ2v) is 4.32. The molecule has 0 unspecified atom stereocenters. The van der Waals surface area contributed by atoms with Crippen LogP contribution in [0.5, 0.6) is 11.5 Å². The lowest BCUT2D eigenvalue weighted by molar-refractivity contribution is 0.174. The fourth-order valence-corrected chi connectivity index (χ4v) is 1.98. The zero-order valence-corrected chi connectivity index (χ0v) is 10.4. The third-order valence-corrected chi connectivity index (χ3v) is 2.94. The maximum Gasteiger partial charge on any atom is 0.231 e. The fraction of sp³-hybridized carbons (Fsp3) is 0.286. The summed E-state index contributed by atoms with van der Waals surface area (Å²) in [5.41, 5.74) is 1.12. The van der Waals surface area contributed by atoms with Gasteiger partial charge in [0.05, 0.1) is 6.54 Å². The average Bonchev–Trinajstić information content (AvgIpc) is 3.06. The van der Waals surface area contributed by atoms with E-state index >= 15 is 0 Å². The van der Waals surface area contributed by atoms with Crippen LogP contribution in [0.2, 0.25) is 0 Å². The van der Waals surface area contributed by atoms with Gasteiger partial charge in [0.25, 0.3) is 0 Å². The molecule has 2 aromatic rings. The van der Waals surface area contributed by atoms with Crippen molar-refractivity contribution < 1.29 is 19.0 Å². The Morgan fingerprint density at radius 1 is 1.00 bits per heavy atom. The average molecular weight is 261 g/mol. The molecule has 2 heterocycles. The van der Waals surface area contributed by atoms with Crippen LogP contribution in [0.3, 0.4) is 0 Å². The van der Waals surface area contributed by atoms with Crippen molar-refractivity contribution in [3.05, 3.63) is 47.4 Å². The quantitative estimate of drug-likeness (QED) is 0.859. The minimum atomic E-state index is -0.0673. The summed E-state index contributed by atoms with van der Waals surface area (Å²) in [7, 11) is 0. The maximum absolute atomic E-state index is 8.90. The molecule has 0 radical (unpaired) electrons. The Hall–Kier alpha value is -1.98. The van der Waals surface area contributed by atoms with Crippen LogP contribution in [0, 0.1) is 0 Å². The van der Waals surface area contributed by atoms with Crippen LogP contribution in [0.25, 0.3) is 0 Å². The van der Waals surface area contributed by atoms with E-state index < -0.39 is 0 Å². The van der Waals surface area contributed by atoms with Gasteiger partial charge in [-0.1, -0.05) is 6.07 Å². The van der Waals surface area contributed by atoms with Crippen molar-refractivity contribution in [1.82, 2.24) is 5.32 Å². The molecule has 0 spiro atoms. The number of hydrogen-bond acceptors (Lipinski definition) is 5. The molecule has 19 heavy (non-hydrogen) atoms. The van der Waals surface area contributed by atoms with Gasteiger partial charge in [-0.2, -0.15) is 0 Å². The largest absolute Gasteiger partial charge is 0.462 e. The molecule has 1 aromatic heterocycles. The molecule has 5 nitrogen and oxygen atoms in total. The smallest absolute Gasteiger partial charge is 0.231 e. The van der Waals surface area contributed by atoms with E-state index in [0.29, 0.717) is 25.6 Å². The summed E-state index contributed by atoms with van der Waals surface area (Å²) < 4.78 is 16.0. The van der Waals surface area contributed by atoms with Crippen LogP contribution >= 0.6 is 0 Å². The molecule has 0 bridgehead atoms. The van der Waals surface area contributed by atoms with E-state index in [-0.39, 0.29) is 6.61 Å². The first-order chi connectivity index (χ1) is 9.35. The van der Waals surface area contributed by atoms with Gasteiger partial charge in [-0.05, 0) is 29.8 Å². The van der Waals surface area contributed by atoms with Gasteiger partial charge >= 0.3 is 0 Å². The molecule has 0 saturated heterocycles. The number of aliphatic hydroxyl groups is 1. The van der Waals surface area contributed by atoms with E-state index in [4.69, 9.17) is 19.0 Å². The Balaban J connectivity index is 1.54.